The SMILES string of the molecule is O=C1CSC(c2cccc(O)c2)c2c(ncn2-c2ccc(Br)cc2)N1. The predicted octanol–water partition coefficient (Wildman–Crippen LogP) is 4.12. The van der Waals surface area contributed by atoms with Crippen LogP contribution >= 0.6 is 27.7 Å². The fourth-order valence-electron chi connectivity index (χ4n) is 2.86. The molecule has 1 aromatic heterocycles. The molecule has 0 saturated heterocycles. The van der Waals surface area contributed by atoms with Crippen LogP contribution in [0.25, 0.3) is 5.69 Å². The van der Waals surface area contributed by atoms with Crippen molar-refractivity contribution < 1.29 is 9.90 Å². The maximum absolute atomic E-state index is 12.0. The zero-order valence-corrected chi connectivity index (χ0v) is 15.4. The van der Waals surface area contributed by atoms with Crippen LogP contribution < -0.4 is 5.32 Å². The first kappa shape index (κ1) is 16.2. The molecule has 1 aliphatic heterocycles. The minimum Gasteiger partial charge on any atom is -0.508 e. The molecule has 2 aromatic carbocycles. The zero-order chi connectivity index (χ0) is 17.4. The van der Waals surface area contributed by atoms with Crippen LogP contribution in [0.2, 0.25) is 0 Å². The summed E-state index contributed by atoms with van der Waals surface area (Å²) in [6, 6.07) is 15.0. The number of hydrogen-bond donors (Lipinski definition) is 2. The molecule has 126 valence electrons. The van der Waals surface area contributed by atoms with Gasteiger partial charge in [0.2, 0.25) is 5.91 Å². The van der Waals surface area contributed by atoms with Crippen molar-refractivity contribution in [3.8, 4) is 11.4 Å². The summed E-state index contributed by atoms with van der Waals surface area (Å²) < 4.78 is 2.98. The van der Waals surface area contributed by atoms with Gasteiger partial charge in [-0.05, 0) is 42.0 Å². The number of aromatic nitrogens is 2. The Labute approximate surface area is 157 Å². The molecule has 1 amide bonds. The monoisotopic (exact) mass is 415 g/mol. The second-order valence-electron chi connectivity index (χ2n) is 5.66. The molecule has 0 fully saturated rings. The molecule has 1 aliphatic rings. The molecule has 0 radical (unpaired) electrons. The molecule has 3 aromatic rings. The zero-order valence-electron chi connectivity index (χ0n) is 13.0. The van der Waals surface area contributed by atoms with Crippen molar-refractivity contribution in [2.24, 2.45) is 0 Å². The van der Waals surface area contributed by atoms with Crippen molar-refractivity contribution in [2.45, 2.75) is 5.25 Å². The quantitative estimate of drug-likeness (QED) is 0.660. The highest BCUT2D eigenvalue weighted by Crippen LogP contribution is 2.42. The lowest BCUT2D eigenvalue weighted by Gasteiger charge is -2.18. The van der Waals surface area contributed by atoms with Gasteiger partial charge in [-0.2, -0.15) is 0 Å². The van der Waals surface area contributed by atoms with Gasteiger partial charge in [-0.3, -0.25) is 9.36 Å². The molecule has 0 bridgehead atoms. The van der Waals surface area contributed by atoms with E-state index < -0.39 is 0 Å². The molecular formula is C18H14BrN3O2S. The Morgan fingerprint density at radius 2 is 2.04 bits per heavy atom. The Bertz CT molecular complexity index is 940. The number of amides is 1. The van der Waals surface area contributed by atoms with Gasteiger partial charge in [0.25, 0.3) is 0 Å². The fourth-order valence-corrected chi connectivity index (χ4v) is 4.24. The van der Waals surface area contributed by atoms with E-state index >= 15 is 0 Å². The Kier molecular flexibility index (Phi) is 4.27. The van der Waals surface area contributed by atoms with E-state index in [4.69, 9.17) is 0 Å². The number of aromatic hydroxyl groups is 1. The molecule has 1 atom stereocenters. The molecule has 0 spiro atoms. The van der Waals surface area contributed by atoms with E-state index in [1.54, 1.807) is 18.5 Å². The minimum atomic E-state index is -0.118. The normalized spacial score (nSPS) is 16.8. The number of imidazole rings is 1. The standard InChI is InChI=1S/C18H14BrN3O2S/c19-12-4-6-13(7-5-12)22-10-20-18-16(22)17(25-9-15(24)21-18)11-2-1-3-14(23)8-11/h1-8,10,17,23H,9H2,(H,21,24). The summed E-state index contributed by atoms with van der Waals surface area (Å²) in [4.78, 5) is 16.5. The van der Waals surface area contributed by atoms with Crippen LogP contribution in [0.3, 0.4) is 0 Å². The second-order valence-corrected chi connectivity index (χ2v) is 7.67. The second kappa shape index (κ2) is 6.57. The van der Waals surface area contributed by atoms with Crippen LogP contribution in [-0.4, -0.2) is 26.3 Å². The van der Waals surface area contributed by atoms with Gasteiger partial charge in [0.1, 0.15) is 12.1 Å². The highest BCUT2D eigenvalue weighted by atomic mass is 79.9. The minimum absolute atomic E-state index is 0.0741. The van der Waals surface area contributed by atoms with E-state index in [0.29, 0.717) is 11.6 Å². The van der Waals surface area contributed by atoms with Gasteiger partial charge in [-0.15, -0.1) is 11.8 Å². The van der Waals surface area contributed by atoms with E-state index in [9.17, 15) is 9.90 Å². The Morgan fingerprint density at radius 3 is 2.80 bits per heavy atom. The third-order valence-electron chi connectivity index (χ3n) is 3.97. The molecule has 25 heavy (non-hydrogen) atoms. The van der Waals surface area contributed by atoms with Crippen LogP contribution in [0.1, 0.15) is 16.5 Å². The number of rotatable bonds is 2. The smallest absolute Gasteiger partial charge is 0.235 e. The van der Waals surface area contributed by atoms with Gasteiger partial charge in [0, 0.05) is 10.2 Å². The summed E-state index contributed by atoms with van der Waals surface area (Å²) in [5.74, 6) is 1.02. The van der Waals surface area contributed by atoms with E-state index in [0.717, 1.165) is 21.4 Å². The summed E-state index contributed by atoms with van der Waals surface area (Å²) in [6.45, 7) is 0. The number of carbonyl (C=O) groups is 1. The maximum Gasteiger partial charge on any atom is 0.235 e. The lowest BCUT2D eigenvalue weighted by Crippen LogP contribution is -2.12. The summed E-state index contributed by atoms with van der Waals surface area (Å²) in [6.07, 6.45) is 1.72. The van der Waals surface area contributed by atoms with Gasteiger partial charge in [0.05, 0.1) is 16.7 Å². The highest BCUT2D eigenvalue weighted by Gasteiger charge is 2.29. The predicted molar refractivity (Wildman–Crippen MR) is 102 cm³/mol. The van der Waals surface area contributed by atoms with Crippen molar-refractivity contribution in [1.29, 1.82) is 0 Å². The summed E-state index contributed by atoms with van der Waals surface area (Å²) in [7, 11) is 0. The van der Waals surface area contributed by atoms with Gasteiger partial charge in [0.15, 0.2) is 5.82 Å². The number of fused-ring (bicyclic) bond motifs is 1. The number of phenols is 1. The van der Waals surface area contributed by atoms with E-state index in [2.05, 4.69) is 26.2 Å². The number of anilines is 1. The topological polar surface area (TPSA) is 67.1 Å². The van der Waals surface area contributed by atoms with Crippen LogP contribution in [0.4, 0.5) is 5.82 Å². The maximum atomic E-state index is 12.0. The third-order valence-corrected chi connectivity index (χ3v) is 5.76. The first-order valence-corrected chi connectivity index (χ1v) is 9.49. The van der Waals surface area contributed by atoms with Crippen molar-refractivity contribution in [1.82, 2.24) is 9.55 Å². The first-order valence-electron chi connectivity index (χ1n) is 7.65. The number of hydrogen-bond acceptors (Lipinski definition) is 4. The van der Waals surface area contributed by atoms with E-state index in [1.165, 1.54) is 11.8 Å². The summed E-state index contributed by atoms with van der Waals surface area (Å²) in [5.41, 5.74) is 2.78. The number of thioether (sulfide) groups is 1. The molecule has 5 nitrogen and oxygen atoms in total. The lowest BCUT2D eigenvalue weighted by atomic mass is 10.1. The van der Waals surface area contributed by atoms with Crippen molar-refractivity contribution >= 4 is 39.4 Å². The lowest BCUT2D eigenvalue weighted by molar-refractivity contribution is -0.113. The molecule has 2 heterocycles. The fraction of sp³-hybridized carbons (Fsp3) is 0.111. The van der Waals surface area contributed by atoms with Crippen molar-refractivity contribution in [3.05, 3.63) is 70.6 Å². The van der Waals surface area contributed by atoms with Gasteiger partial charge >= 0.3 is 0 Å². The first-order chi connectivity index (χ1) is 12.1. The Hall–Kier alpha value is -2.25. The van der Waals surface area contributed by atoms with Crippen LogP contribution in [-0.2, 0) is 4.79 Å². The molecule has 4 rings (SSSR count). The van der Waals surface area contributed by atoms with Crippen molar-refractivity contribution in [2.75, 3.05) is 11.1 Å². The molecule has 2 N–H and O–H groups in total. The summed E-state index contributed by atoms with van der Waals surface area (Å²) in [5, 5.41) is 12.6. The number of nitrogens with one attached hydrogen (secondary N) is 1. The van der Waals surface area contributed by atoms with Crippen molar-refractivity contribution in [3.63, 3.8) is 0 Å². The third kappa shape index (κ3) is 3.17. The molecule has 0 aliphatic carbocycles. The van der Waals surface area contributed by atoms with Crippen LogP contribution in [0.15, 0.2) is 59.3 Å². The number of phenolic OH excluding ortho intramolecular Hbond substituents is 1. The molecule has 7 heteroatoms. The number of halogens is 1. The van der Waals surface area contributed by atoms with Crippen LogP contribution in [0.5, 0.6) is 5.75 Å². The van der Waals surface area contributed by atoms with Gasteiger partial charge in [-0.1, -0.05) is 28.1 Å². The largest absolute Gasteiger partial charge is 0.508 e. The number of benzene rings is 2. The summed E-state index contributed by atoms with van der Waals surface area (Å²) >= 11 is 4.97. The Morgan fingerprint density at radius 1 is 1.24 bits per heavy atom. The van der Waals surface area contributed by atoms with E-state index in [1.807, 2.05) is 41.0 Å². The number of carbonyl (C=O) groups excluding carboxylic acids is 1. The molecular weight excluding hydrogens is 402 g/mol. The average Bonchev–Trinajstić information content (AvgIpc) is 2.91. The van der Waals surface area contributed by atoms with Gasteiger partial charge in [-0.25, -0.2) is 4.98 Å². The van der Waals surface area contributed by atoms with Gasteiger partial charge < -0.3 is 10.4 Å². The Balaban J connectivity index is 1.88. The molecule has 1 unspecified atom stereocenters. The van der Waals surface area contributed by atoms with Crippen LogP contribution in [0, 0.1) is 0 Å². The molecule has 0 saturated carbocycles. The average molecular weight is 416 g/mol. The number of nitrogens with zero attached hydrogens (tertiary/aromatic N) is 2. The van der Waals surface area contributed by atoms with E-state index in [-0.39, 0.29) is 16.9 Å². The highest BCUT2D eigenvalue weighted by molar-refractivity contribution is 9.10.